The van der Waals surface area contributed by atoms with Crippen molar-refractivity contribution in [3.63, 3.8) is 0 Å². The van der Waals surface area contributed by atoms with Crippen LogP contribution >= 0.6 is 12.4 Å². The van der Waals surface area contributed by atoms with E-state index in [0.29, 0.717) is 5.56 Å². The predicted molar refractivity (Wildman–Crippen MR) is 80.1 cm³/mol. The standard InChI is InChI=1S/C15H21FN2O.ClH/c1-18(11-12-7-3-4-8-13(12)16)14(19)15(17)9-5-2-6-10-15;/h3-4,7-8H,2,5-6,9-11,17H2,1H3;1H. The van der Waals surface area contributed by atoms with Gasteiger partial charge in [-0.2, -0.15) is 0 Å². The van der Waals surface area contributed by atoms with Gasteiger partial charge in [0.2, 0.25) is 5.91 Å². The fraction of sp³-hybridized carbons (Fsp3) is 0.533. The van der Waals surface area contributed by atoms with E-state index in [1.165, 1.54) is 6.07 Å². The summed E-state index contributed by atoms with van der Waals surface area (Å²) in [6.45, 7) is 0.268. The molecule has 20 heavy (non-hydrogen) atoms. The van der Waals surface area contributed by atoms with Crippen LogP contribution < -0.4 is 5.73 Å². The molecule has 2 N–H and O–H groups in total. The van der Waals surface area contributed by atoms with Crippen LogP contribution in [0, 0.1) is 5.82 Å². The minimum atomic E-state index is -0.752. The van der Waals surface area contributed by atoms with Gasteiger partial charge in [0.25, 0.3) is 0 Å². The molecule has 0 heterocycles. The van der Waals surface area contributed by atoms with Crippen molar-refractivity contribution >= 4 is 18.3 Å². The Bertz CT molecular complexity index is 461. The van der Waals surface area contributed by atoms with Gasteiger partial charge in [0.15, 0.2) is 0 Å². The zero-order valence-electron chi connectivity index (χ0n) is 11.8. The molecule has 1 aliphatic rings. The Balaban J connectivity index is 0.00000200. The van der Waals surface area contributed by atoms with Crippen LogP contribution in [0.4, 0.5) is 4.39 Å². The highest BCUT2D eigenvalue weighted by Gasteiger charge is 2.37. The van der Waals surface area contributed by atoms with E-state index in [9.17, 15) is 9.18 Å². The molecule has 0 atom stereocenters. The fourth-order valence-corrected chi connectivity index (χ4v) is 2.73. The molecule has 1 aromatic carbocycles. The molecule has 112 valence electrons. The second kappa shape index (κ2) is 7.04. The molecule has 2 rings (SSSR count). The van der Waals surface area contributed by atoms with Gasteiger partial charge >= 0.3 is 0 Å². The molecule has 0 saturated heterocycles. The first-order valence-corrected chi connectivity index (χ1v) is 6.81. The number of likely N-dealkylation sites (N-methyl/N-ethyl adjacent to an activating group) is 1. The second-order valence-electron chi connectivity index (χ2n) is 5.47. The van der Waals surface area contributed by atoms with E-state index in [2.05, 4.69) is 0 Å². The third kappa shape index (κ3) is 3.70. The van der Waals surface area contributed by atoms with E-state index in [1.807, 2.05) is 0 Å². The van der Waals surface area contributed by atoms with Crippen molar-refractivity contribution in [1.82, 2.24) is 4.90 Å². The van der Waals surface area contributed by atoms with Crippen LogP contribution in [-0.2, 0) is 11.3 Å². The lowest BCUT2D eigenvalue weighted by Gasteiger charge is -2.35. The summed E-state index contributed by atoms with van der Waals surface area (Å²) in [5.41, 5.74) is 5.98. The molecule has 0 aromatic heterocycles. The molecule has 1 amide bonds. The summed E-state index contributed by atoms with van der Waals surface area (Å²) in [7, 11) is 1.69. The van der Waals surface area contributed by atoms with Gasteiger partial charge in [0, 0.05) is 19.2 Å². The summed E-state index contributed by atoms with van der Waals surface area (Å²) in [4.78, 5) is 14.0. The predicted octanol–water partition coefficient (Wildman–Crippen LogP) is 2.87. The van der Waals surface area contributed by atoms with Gasteiger partial charge in [-0.25, -0.2) is 4.39 Å². The molecule has 5 heteroatoms. The van der Waals surface area contributed by atoms with Gasteiger partial charge in [0.05, 0.1) is 5.54 Å². The van der Waals surface area contributed by atoms with Gasteiger partial charge in [-0.15, -0.1) is 12.4 Å². The summed E-state index contributed by atoms with van der Waals surface area (Å²) >= 11 is 0. The monoisotopic (exact) mass is 300 g/mol. The SMILES string of the molecule is CN(Cc1ccccc1F)C(=O)C1(N)CCCCC1.Cl. The van der Waals surface area contributed by atoms with Crippen molar-refractivity contribution in [2.45, 2.75) is 44.2 Å². The van der Waals surface area contributed by atoms with Crippen LogP contribution in [0.2, 0.25) is 0 Å². The normalized spacial score (nSPS) is 17.1. The van der Waals surface area contributed by atoms with Gasteiger partial charge in [-0.3, -0.25) is 4.79 Å². The lowest BCUT2D eigenvalue weighted by molar-refractivity contribution is -0.137. The zero-order chi connectivity index (χ0) is 13.9. The first-order valence-electron chi connectivity index (χ1n) is 6.81. The largest absolute Gasteiger partial charge is 0.340 e. The molecular formula is C15H22ClFN2O. The highest BCUT2D eigenvalue weighted by Crippen LogP contribution is 2.27. The Morgan fingerprint density at radius 1 is 1.30 bits per heavy atom. The summed E-state index contributed by atoms with van der Waals surface area (Å²) < 4.78 is 13.6. The van der Waals surface area contributed by atoms with Crippen molar-refractivity contribution in [1.29, 1.82) is 0 Å². The number of carbonyl (C=O) groups is 1. The molecule has 0 radical (unpaired) electrons. The number of hydrogen-bond donors (Lipinski definition) is 1. The Kier molecular flexibility index (Phi) is 5.96. The Morgan fingerprint density at radius 2 is 1.90 bits per heavy atom. The van der Waals surface area contributed by atoms with Crippen LogP contribution in [0.15, 0.2) is 24.3 Å². The summed E-state index contributed by atoms with van der Waals surface area (Å²) in [5, 5.41) is 0. The molecular weight excluding hydrogens is 279 g/mol. The van der Waals surface area contributed by atoms with Gasteiger partial charge in [0.1, 0.15) is 5.82 Å². The smallest absolute Gasteiger partial charge is 0.242 e. The number of amides is 1. The van der Waals surface area contributed by atoms with Crippen LogP contribution in [-0.4, -0.2) is 23.4 Å². The summed E-state index contributed by atoms with van der Waals surface area (Å²) in [5.74, 6) is -0.354. The molecule has 1 fully saturated rings. The number of hydrogen-bond acceptors (Lipinski definition) is 2. The number of nitrogens with two attached hydrogens (primary N) is 1. The highest BCUT2D eigenvalue weighted by molar-refractivity contribution is 5.86. The van der Waals surface area contributed by atoms with Crippen LogP contribution in [0.3, 0.4) is 0 Å². The Morgan fingerprint density at radius 3 is 2.50 bits per heavy atom. The van der Waals surface area contributed by atoms with Crippen LogP contribution in [0.25, 0.3) is 0 Å². The van der Waals surface area contributed by atoms with Crippen molar-refractivity contribution in [3.05, 3.63) is 35.6 Å². The quantitative estimate of drug-likeness (QED) is 0.933. The van der Waals surface area contributed by atoms with Crippen LogP contribution in [0.1, 0.15) is 37.7 Å². The Hall–Kier alpha value is -1.13. The molecule has 1 saturated carbocycles. The molecule has 3 nitrogen and oxygen atoms in total. The van der Waals surface area contributed by atoms with E-state index in [0.717, 1.165) is 32.1 Å². The van der Waals surface area contributed by atoms with Crippen molar-refractivity contribution in [2.24, 2.45) is 5.73 Å². The van der Waals surface area contributed by atoms with E-state index in [4.69, 9.17) is 5.73 Å². The molecule has 0 unspecified atom stereocenters. The van der Waals surface area contributed by atoms with Gasteiger partial charge in [-0.1, -0.05) is 37.5 Å². The third-order valence-corrected chi connectivity index (χ3v) is 3.88. The Labute approximate surface area is 125 Å². The van der Waals surface area contributed by atoms with Gasteiger partial charge < -0.3 is 10.6 Å². The number of carbonyl (C=O) groups excluding carboxylic acids is 1. The highest BCUT2D eigenvalue weighted by atomic mass is 35.5. The topological polar surface area (TPSA) is 46.3 Å². The maximum absolute atomic E-state index is 13.6. The van der Waals surface area contributed by atoms with E-state index in [-0.39, 0.29) is 30.7 Å². The maximum atomic E-state index is 13.6. The molecule has 0 bridgehead atoms. The van der Waals surface area contributed by atoms with E-state index >= 15 is 0 Å². The lowest BCUT2D eigenvalue weighted by Crippen LogP contribution is -2.55. The average Bonchev–Trinajstić information content (AvgIpc) is 2.41. The number of rotatable bonds is 3. The minimum Gasteiger partial charge on any atom is -0.340 e. The summed E-state index contributed by atoms with van der Waals surface area (Å²) in [6, 6.07) is 6.53. The van der Waals surface area contributed by atoms with E-state index in [1.54, 1.807) is 30.1 Å². The van der Waals surface area contributed by atoms with Crippen molar-refractivity contribution in [2.75, 3.05) is 7.05 Å². The number of benzene rings is 1. The lowest BCUT2D eigenvalue weighted by atomic mass is 9.81. The molecule has 0 spiro atoms. The second-order valence-corrected chi connectivity index (χ2v) is 5.47. The first-order chi connectivity index (χ1) is 9.03. The van der Waals surface area contributed by atoms with Crippen molar-refractivity contribution < 1.29 is 9.18 Å². The van der Waals surface area contributed by atoms with Gasteiger partial charge in [-0.05, 0) is 18.9 Å². The number of halogens is 2. The molecule has 0 aliphatic heterocycles. The number of nitrogens with zero attached hydrogens (tertiary/aromatic N) is 1. The average molecular weight is 301 g/mol. The van der Waals surface area contributed by atoms with E-state index < -0.39 is 5.54 Å². The molecule has 1 aliphatic carbocycles. The molecule has 1 aromatic rings. The fourth-order valence-electron chi connectivity index (χ4n) is 2.73. The first kappa shape index (κ1) is 16.9. The minimum absolute atomic E-state index is 0. The zero-order valence-corrected chi connectivity index (χ0v) is 12.6. The van der Waals surface area contributed by atoms with Crippen molar-refractivity contribution in [3.8, 4) is 0 Å². The van der Waals surface area contributed by atoms with Crippen LogP contribution in [0.5, 0.6) is 0 Å². The third-order valence-electron chi connectivity index (χ3n) is 3.88. The maximum Gasteiger partial charge on any atom is 0.242 e. The summed E-state index contributed by atoms with van der Waals surface area (Å²) in [6.07, 6.45) is 4.59.